The van der Waals surface area contributed by atoms with Gasteiger partial charge in [-0.2, -0.15) is 4.98 Å². The summed E-state index contributed by atoms with van der Waals surface area (Å²) in [6.45, 7) is 0. The fourth-order valence-electron chi connectivity index (χ4n) is 1.17. The van der Waals surface area contributed by atoms with Gasteiger partial charge in [0.05, 0.1) is 0 Å². The SMILES string of the molecule is CS(=O)(=O)c1ncc2ccc(=O)n(O)c2n1. The molecule has 2 aromatic heterocycles. The third-order valence-electron chi connectivity index (χ3n) is 1.92. The first kappa shape index (κ1) is 10.6. The lowest BCUT2D eigenvalue weighted by Gasteiger charge is -2.02. The van der Waals surface area contributed by atoms with Crippen molar-refractivity contribution in [1.29, 1.82) is 0 Å². The van der Waals surface area contributed by atoms with E-state index in [1.165, 1.54) is 12.3 Å². The first-order valence-electron chi connectivity index (χ1n) is 4.18. The first-order valence-corrected chi connectivity index (χ1v) is 6.07. The molecular weight excluding hydrogens is 234 g/mol. The largest absolute Gasteiger partial charge is 0.423 e. The number of pyridine rings is 1. The Balaban J connectivity index is 2.90. The molecule has 1 N–H and O–H groups in total. The van der Waals surface area contributed by atoms with Gasteiger partial charge >= 0.3 is 0 Å². The highest BCUT2D eigenvalue weighted by atomic mass is 32.2. The maximum Gasteiger partial charge on any atom is 0.284 e. The highest BCUT2D eigenvalue weighted by Crippen LogP contribution is 2.09. The van der Waals surface area contributed by atoms with E-state index in [0.717, 1.165) is 12.3 Å². The second-order valence-corrected chi connectivity index (χ2v) is 5.10. The molecule has 0 aliphatic rings. The Labute approximate surface area is 89.9 Å². The smallest absolute Gasteiger partial charge is 0.284 e. The Morgan fingerprint density at radius 1 is 1.38 bits per heavy atom. The highest BCUT2D eigenvalue weighted by Gasteiger charge is 2.13. The van der Waals surface area contributed by atoms with Gasteiger partial charge in [-0.15, -0.1) is 4.73 Å². The Hall–Kier alpha value is -1.96. The zero-order chi connectivity index (χ0) is 11.9. The number of hydrogen-bond donors (Lipinski definition) is 1. The Morgan fingerprint density at radius 2 is 2.06 bits per heavy atom. The number of aromatic nitrogens is 3. The molecule has 2 aromatic rings. The summed E-state index contributed by atoms with van der Waals surface area (Å²) in [5.41, 5.74) is -0.825. The van der Waals surface area contributed by atoms with Crippen molar-refractivity contribution in [3.8, 4) is 0 Å². The zero-order valence-corrected chi connectivity index (χ0v) is 8.97. The van der Waals surface area contributed by atoms with Crippen LogP contribution in [0.4, 0.5) is 0 Å². The third kappa shape index (κ3) is 1.63. The van der Waals surface area contributed by atoms with Gasteiger partial charge in [0.25, 0.3) is 5.56 Å². The number of rotatable bonds is 1. The van der Waals surface area contributed by atoms with Gasteiger partial charge in [-0.1, -0.05) is 0 Å². The Kier molecular flexibility index (Phi) is 2.16. The number of sulfone groups is 1. The summed E-state index contributed by atoms with van der Waals surface area (Å²) in [4.78, 5) is 18.3. The van der Waals surface area contributed by atoms with E-state index in [1.54, 1.807) is 0 Å². The molecule has 0 bridgehead atoms. The van der Waals surface area contributed by atoms with Crippen LogP contribution in [0.25, 0.3) is 11.0 Å². The van der Waals surface area contributed by atoms with Crippen molar-refractivity contribution in [2.24, 2.45) is 0 Å². The summed E-state index contributed by atoms with van der Waals surface area (Å²) in [6.07, 6.45) is 2.17. The fourth-order valence-corrected chi connectivity index (χ4v) is 1.66. The van der Waals surface area contributed by atoms with Gasteiger partial charge in [-0.3, -0.25) is 4.79 Å². The minimum atomic E-state index is -3.57. The molecule has 0 atom stereocenters. The summed E-state index contributed by atoms with van der Waals surface area (Å²) in [6, 6.07) is 2.53. The summed E-state index contributed by atoms with van der Waals surface area (Å²) < 4.78 is 22.6. The molecule has 0 unspecified atom stereocenters. The van der Waals surface area contributed by atoms with E-state index in [2.05, 4.69) is 9.97 Å². The van der Waals surface area contributed by atoms with Gasteiger partial charge in [0, 0.05) is 23.9 Å². The topological polar surface area (TPSA) is 102 Å². The van der Waals surface area contributed by atoms with Gasteiger partial charge in [-0.05, 0) is 6.07 Å². The van der Waals surface area contributed by atoms with Crippen LogP contribution >= 0.6 is 0 Å². The van der Waals surface area contributed by atoms with E-state index in [1.807, 2.05) is 0 Å². The summed E-state index contributed by atoms with van der Waals surface area (Å²) >= 11 is 0. The maximum atomic E-state index is 11.2. The van der Waals surface area contributed by atoms with Crippen LogP contribution in [0.15, 0.2) is 28.3 Å². The predicted octanol–water partition coefficient (Wildman–Crippen LogP) is -0.568. The lowest BCUT2D eigenvalue weighted by atomic mass is 10.3. The molecule has 0 aliphatic heterocycles. The van der Waals surface area contributed by atoms with Crippen molar-refractivity contribution in [3.05, 3.63) is 28.7 Å². The minimum absolute atomic E-state index is 0.136. The third-order valence-corrected chi connectivity index (χ3v) is 2.78. The highest BCUT2D eigenvalue weighted by molar-refractivity contribution is 7.90. The molecule has 7 nitrogen and oxygen atoms in total. The van der Waals surface area contributed by atoms with Crippen LogP contribution in [0.1, 0.15) is 0 Å². The molecule has 0 saturated carbocycles. The van der Waals surface area contributed by atoms with Gasteiger partial charge in [0.1, 0.15) is 0 Å². The van der Waals surface area contributed by atoms with Crippen molar-refractivity contribution in [1.82, 2.24) is 14.7 Å². The van der Waals surface area contributed by atoms with E-state index in [0.29, 0.717) is 5.39 Å². The van der Waals surface area contributed by atoms with Crippen molar-refractivity contribution in [2.75, 3.05) is 6.26 Å². The zero-order valence-electron chi connectivity index (χ0n) is 8.15. The lowest BCUT2D eigenvalue weighted by molar-refractivity contribution is 0.186. The van der Waals surface area contributed by atoms with E-state index >= 15 is 0 Å². The Bertz CT molecular complexity index is 720. The first-order chi connectivity index (χ1) is 7.39. The Morgan fingerprint density at radius 3 is 2.69 bits per heavy atom. The van der Waals surface area contributed by atoms with Crippen LogP contribution in [0, 0.1) is 0 Å². The van der Waals surface area contributed by atoms with E-state index in [9.17, 15) is 18.4 Å². The van der Waals surface area contributed by atoms with Crippen LogP contribution in [0.3, 0.4) is 0 Å². The second-order valence-electron chi connectivity index (χ2n) is 3.19. The normalized spacial score (nSPS) is 11.8. The average Bonchev–Trinajstić information content (AvgIpc) is 2.22. The molecule has 0 amide bonds. The monoisotopic (exact) mass is 241 g/mol. The number of hydrogen-bond acceptors (Lipinski definition) is 6. The molecule has 0 radical (unpaired) electrons. The predicted molar refractivity (Wildman–Crippen MR) is 54.1 cm³/mol. The molecule has 0 aliphatic carbocycles. The van der Waals surface area contributed by atoms with Crippen LogP contribution < -0.4 is 5.56 Å². The van der Waals surface area contributed by atoms with Gasteiger partial charge in [0.2, 0.25) is 15.0 Å². The number of nitrogens with zero attached hydrogens (tertiary/aromatic N) is 3. The molecule has 84 valence electrons. The van der Waals surface area contributed by atoms with Crippen LogP contribution in [0.5, 0.6) is 0 Å². The van der Waals surface area contributed by atoms with E-state index in [4.69, 9.17) is 0 Å². The molecule has 8 heteroatoms. The fraction of sp³-hybridized carbons (Fsp3) is 0.125. The van der Waals surface area contributed by atoms with E-state index < -0.39 is 20.6 Å². The van der Waals surface area contributed by atoms with Crippen LogP contribution in [-0.2, 0) is 9.84 Å². The average molecular weight is 241 g/mol. The summed E-state index contributed by atoms with van der Waals surface area (Å²) in [5.74, 6) is 0. The van der Waals surface area contributed by atoms with Gasteiger partial charge in [-0.25, -0.2) is 13.4 Å². The van der Waals surface area contributed by atoms with Crippen LogP contribution in [0.2, 0.25) is 0 Å². The molecule has 16 heavy (non-hydrogen) atoms. The van der Waals surface area contributed by atoms with Crippen molar-refractivity contribution < 1.29 is 13.6 Å². The standard InChI is InChI=1S/C8H7N3O4S/c1-16(14,15)8-9-4-5-2-3-6(12)11(13)7(5)10-8/h2-4,13H,1H3. The van der Waals surface area contributed by atoms with Gasteiger partial charge < -0.3 is 5.21 Å². The molecule has 0 saturated heterocycles. The molecule has 2 rings (SSSR count). The van der Waals surface area contributed by atoms with Crippen molar-refractivity contribution >= 4 is 20.9 Å². The lowest BCUT2D eigenvalue weighted by Crippen LogP contribution is -2.18. The van der Waals surface area contributed by atoms with E-state index in [-0.39, 0.29) is 10.4 Å². The molecule has 2 heterocycles. The maximum absolute atomic E-state index is 11.2. The summed E-state index contributed by atoms with van der Waals surface area (Å²) in [7, 11) is -3.57. The minimum Gasteiger partial charge on any atom is -0.423 e. The second kappa shape index (κ2) is 3.27. The quantitative estimate of drug-likeness (QED) is 0.530. The molecule has 0 fully saturated rings. The number of fused-ring (bicyclic) bond motifs is 1. The van der Waals surface area contributed by atoms with Crippen molar-refractivity contribution in [2.45, 2.75) is 5.16 Å². The molecular formula is C8H7N3O4S. The van der Waals surface area contributed by atoms with Crippen LogP contribution in [-0.4, -0.2) is 34.6 Å². The van der Waals surface area contributed by atoms with Gasteiger partial charge in [0.15, 0.2) is 5.65 Å². The molecule has 0 spiro atoms. The summed E-state index contributed by atoms with van der Waals surface area (Å²) in [5, 5.41) is 9.30. The molecule has 0 aromatic carbocycles. The van der Waals surface area contributed by atoms with Crippen molar-refractivity contribution in [3.63, 3.8) is 0 Å².